The Morgan fingerprint density at radius 1 is 1.48 bits per heavy atom. The second kappa shape index (κ2) is 5.81. The summed E-state index contributed by atoms with van der Waals surface area (Å²) in [5, 5.41) is 0. The normalized spacial score (nSPS) is 15.1. The van der Waals surface area contributed by atoms with Crippen LogP contribution in [-0.4, -0.2) is 41.2 Å². The first kappa shape index (κ1) is 14.6. The van der Waals surface area contributed by atoms with Crippen LogP contribution in [0.15, 0.2) is 12.1 Å². The number of fused-ring (bicyclic) bond motifs is 1. The first-order valence-corrected chi connectivity index (χ1v) is 7.66. The second-order valence-corrected chi connectivity index (χ2v) is 5.77. The molecule has 0 unspecified atom stereocenters. The molecule has 6 heteroatoms. The summed E-state index contributed by atoms with van der Waals surface area (Å²) in [6.45, 7) is 1.72. The van der Waals surface area contributed by atoms with E-state index in [0.717, 1.165) is 24.4 Å². The smallest absolute Gasteiger partial charge is 0.167 e. The first-order valence-electron chi connectivity index (χ1n) is 7.13. The lowest BCUT2D eigenvalue weighted by molar-refractivity contribution is 0.309. The summed E-state index contributed by atoms with van der Waals surface area (Å²) in [6.07, 6.45) is 2.56. The van der Waals surface area contributed by atoms with E-state index in [1.54, 1.807) is 6.07 Å². The van der Waals surface area contributed by atoms with E-state index >= 15 is 0 Å². The summed E-state index contributed by atoms with van der Waals surface area (Å²) in [6, 6.07) is 3.82. The lowest BCUT2D eigenvalue weighted by Gasteiger charge is -2.17. The third-order valence-electron chi connectivity index (χ3n) is 4.07. The van der Waals surface area contributed by atoms with Crippen LogP contribution in [0, 0.1) is 5.82 Å². The van der Waals surface area contributed by atoms with E-state index in [1.165, 1.54) is 26.0 Å². The van der Waals surface area contributed by atoms with Gasteiger partial charge in [0.2, 0.25) is 0 Å². The molecule has 1 aliphatic rings. The van der Waals surface area contributed by atoms with Gasteiger partial charge in [0, 0.05) is 31.3 Å². The Kier molecular flexibility index (Phi) is 4.04. The van der Waals surface area contributed by atoms with Crippen LogP contribution in [0.1, 0.15) is 18.7 Å². The van der Waals surface area contributed by atoms with Gasteiger partial charge in [-0.05, 0) is 19.9 Å². The quantitative estimate of drug-likeness (QED) is 0.768. The van der Waals surface area contributed by atoms with Crippen molar-refractivity contribution in [2.75, 3.05) is 20.7 Å². The fourth-order valence-corrected chi connectivity index (χ4v) is 2.84. The van der Waals surface area contributed by atoms with E-state index in [-0.39, 0.29) is 5.75 Å². The number of halogens is 2. The van der Waals surface area contributed by atoms with Crippen molar-refractivity contribution >= 4 is 22.6 Å². The van der Waals surface area contributed by atoms with E-state index < -0.39 is 5.82 Å². The molecule has 2 aromatic rings. The highest BCUT2D eigenvalue weighted by atomic mass is 35.5. The van der Waals surface area contributed by atoms with Gasteiger partial charge in [0.05, 0.1) is 24.0 Å². The summed E-state index contributed by atoms with van der Waals surface area (Å²) >= 11 is 5.99. The number of ether oxygens (including phenoxy) is 1. The van der Waals surface area contributed by atoms with Gasteiger partial charge < -0.3 is 14.2 Å². The topological polar surface area (TPSA) is 30.3 Å². The maximum Gasteiger partial charge on any atom is 0.167 e. The number of rotatable bonds is 6. The minimum absolute atomic E-state index is 0.236. The summed E-state index contributed by atoms with van der Waals surface area (Å²) in [5.41, 5.74) is 1.49. The Morgan fingerprint density at radius 2 is 2.24 bits per heavy atom. The summed E-state index contributed by atoms with van der Waals surface area (Å²) in [5.74, 6) is 0.917. The van der Waals surface area contributed by atoms with Gasteiger partial charge in [0.1, 0.15) is 5.82 Å². The van der Waals surface area contributed by atoms with Crippen LogP contribution in [0.25, 0.3) is 11.0 Å². The van der Waals surface area contributed by atoms with Crippen molar-refractivity contribution in [3.8, 4) is 5.75 Å². The Morgan fingerprint density at radius 3 is 2.86 bits per heavy atom. The van der Waals surface area contributed by atoms with Crippen molar-refractivity contribution in [3.05, 3.63) is 23.8 Å². The minimum atomic E-state index is -0.397. The average molecular weight is 312 g/mol. The number of imidazole rings is 1. The molecular formula is C15H19ClFN3O. The fraction of sp³-hybridized carbons (Fsp3) is 0.533. The first-order chi connectivity index (χ1) is 10.1. The number of aromatic nitrogens is 2. The molecular weight excluding hydrogens is 293 g/mol. The molecule has 1 heterocycles. The maximum atomic E-state index is 13.8. The molecule has 1 saturated carbocycles. The van der Waals surface area contributed by atoms with E-state index in [2.05, 4.69) is 21.5 Å². The standard InChI is InChI=1S/C15H19ClFN3O/c1-19(10-3-4-10)5-6-20-13-8-14(21-2)11(17)7-12(13)18-15(20)9-16/h7-8,10H,3-6,9H2,1-2H3. The van der Waals surface area contributed by atoms with Gasteiger partial charge in [0.25, 0.3) is 0 Å². The van der Waals surface area contributed by atoms with Gasteiger partial charge in [-0.25, -0.2) is 9.37 Å². The molecule has 114 valence electrons. The monoisotopic (exact) mass is 311 g/mol. The number of nitrogens with zero attached hydrogens (tertiary/aromatic N) is 3. The van der Waals surface area contributed by atoms with Crippen molar-refractivity contribution in [2.45, 2.75) is 31.3 Å². The molecule has 0 bridgehead atoms. The van der Waals surface area contributed by atoms with Crippen molar-refractivity contribution in [3.63, 3.8) is 0 Å². The Hall–Kier alpha value is -1.33. The van der Waals surface area contributed by atoms with Crippen LogP contribution in [0.3, 0.4) is 0 Å². The van der Waals surface area contributed by atoms with Crippen LogP contribution in [-0.2, 0) is 12.4 Å². The zero-order valence-electron chi connectivity index (χ0n) is 12.3. The number of hydrogen-bond acceptors (Lipinski definition) is 3. The highest BCUT2D eigenvalue weighted by Gasteiger charge is 2.26. The van der Waals surface area contributed by atoms with Crippen LogP contribution < -0.4 is 4.74 Å². The summed E-state index contributed by atoms with van der Waals surface area (Å²) in [7, 11) is 3.60. The van der Waals surface area contributed by atoms with Crippen LogP contribution in [0.2, 0.25) is 0 Å². The highest BCUT2D eigenvalue weighted by molar-refractivity contribution is 6.16. The molecule has 1 aliphatic carbocycles. The van der Waals surface area contributed by atoms with E-state index in [1.807, 2.05) is 0 Å². The third kappa shape index (κ3) is 2.85. The highest BCUT2D eigenvalue weighted by Crippen LogP contribution is 2.27. The van der Waals surface area contributed by atoms with Crippen molar-refractivity contribution < 1.29 is 9.13 Å². The van der Waals surface area contributed by atoms with E-state index in [9.17, 15) is 4.39 Å². The number of hydrogen-bond donors (Lipinski definition) is 0. The average Bonchev–Trinajstić information content (AvgIpc) is 3.27. The van der Waals surface area contributed by atoms with Gasteiger partial charge in [0.15, 0.2) is 11.6 Å². The van der Waals surface area contributed by atoms with Crippen LogP contribution >= 0.6 is 11.6 Å². The summed E-state index contributed by atoms with van der Waals surface area (Å²) in [4.78, 5) is 6.77. The lowest BCUT2D eigenvalue weighted by Crippen LogP contribution is -2.25. The number of methoxy groups -OCH3 is 1. The zero-order valence-corrected chi connectivity index (χ0v) is 13.0. The number of benzene rings is 1. The zero-order chi connectivity index (χ0) is 15.0. The van der Waals surface area contributed by atoms with Gasteiger partial charge >= 0.3 is 0 Å². The van der Waals surface area contributed by atoms with Gasteiger partial charge in [-0.15, -0.1) is 11.6 Å². The molecule has 0 spiro atoms. The van der Waals surface area contributed by atoms with Crippen LogP contribution in [0.4, 0.5) is 4.39 Å². The molecule has 0 atom stereocenters. The number of likely N-dealkylation sites (N-methyl/N-ethyl adjacent to an activating group) is 1. The van der Waals surface area contributed by atoms with Crippen LogP contribution in [0.5, 0.6) is 5.75 Å². The van der Waals surface area contributed by atoms with Crippen molar-refractivity contribution in [1.29, 1.82) is 0 Å². The molecule has 0 radical (unpaired) electrons. The lowest BCUT2D eigenvalue weighted by atomic mass is 10.3. The molecule has 1 aromatic heterocycles. The predicted octanol–water partition coefficient (Wildman–Crippen LogP) is 3.02. The fourth-order valence-electron chi connectivity index (χ4n) is 2.64. The largest absolute Gasteiger partial charge is 0.494 e. The van der Waals surface area contributed by atoms with Crippen molar-refractivity contribution in [2.24, 2.45) is 0 Å². The molecule has 21 heavy (non-hydrogen) atoms. The van der Waals surface area contributed by atoms with Gasteiger partial charge in [-0.1, -0.05) is 0 Å². The SMILES string of the molecule is COc1cc2c(cc1F)nc(CCl)n2CCN(C)C1CC1. The van der Waals surface area contributed by atoms with E-state index in [0.29, 0.717) is 17.4 Å². The molecule has 1 aromatic carbocycles. The Balaban J connectivity index is 1.93. The molecule has 0 N–H and O–H groups in total. The van der Waals surface area contributed by atoms with E-state index in [4.69, 9.17) is 16.3 Å². The maximum absolute atomic E-state index is 13.8. The molecule has 4 nitrogen and oxygen atoms in total. The third-order valence-corrected chi connectivity index (χ3v) is 4.31. The second-order valence-electron chi connectivity index (χ2n) is 5.50. The molecule has 0 saturated heterocycles. The number of alkyl halides is 1. The Labute approximate surface area is 128 Å². The molecule has 0 amide bonds. The van der Waals surface area contributed by atoms with Gasteiger partial charge in [-0.3, -0.25) is 0 Å². The molecule has 1 fully saturated rings. The summed E-state index contributed by atoms with van der Waals surface area (Å²) < 4.78 is 20.9. The Bertz CT molecular complexity index is 654. The van der Waals surface area contributed by atoms with Gasteiger partial charge in [-0.2, -0.15) is 0 Å². The molecule has 0 aliphatic heterocycles. The molecule has 3 rings (SSSR count). The predicted molar refractivity (Wildman–Crippen MR) is 81.5 cm³/mol. The van der Waals surface area contributed by atoms with Crippen molar-refractivity contribution in [1.82, 2.24) is 14.5 Å². The minimum Gasteiger partial charge on any atom is -0.494 e.